The van der Waals surface area contributed by atoms with E-state index in [4.69, 9.17) is 10.2 Å². The zero-order chi connectivity index (χ0) is 17.3. The molecule has 5 nitrogen and oxygen atoms in total. The van der Waals surface area contributed by atoms with Gasteiger partial charge in [0.05, 0.1) is 12.3 Å². The molecule has 1 heterocycles. The molecule has 2 aromatic rings. The van der Waals surface area contributed by atoms with E-state index in [0.29, 0.717) is 6.61 Å². The molecule has 0 saturated heterocycles. The van der Waals surface area contributed by atoms with Crippen LogP contribution >= 0.6 is 0 Å². The molecule has 2 rings (SSSR count). The van der Waals surface area contributed by atoms with Gasteiger partial charge in [-0.1, -0.05) is 32.9 Å². The summed E-state index contributed by atoms with van der Waals surface area (Å²) in [6, 6.07) is 9.35. The fourth-order valence-electron chi connectivity index (χ4n) is 1.85. The van der Waals surface area contributed by atoms with Gasteiger partial charge in [0.2, 0.25) is 0 Å². The van der Waals surface area contributed by atoms with Gasteiger partial charge in [0, 0.05) is 6.20 Å². The molecule has 0 amide bonds. The van der Waals surface area contributed by atoms with Crippen LogP contribution in [0.25, 0.3) is 5.69 Å². The number of nitrogens with two attached hydrogens (primary N) is 1. The van der Waals surface area contributed by atoms with Crippen molar-refractivity contribution in [2.24, 2.45) is 0 Å². The van der Waals surface area contributed by atoms with E-state index < -0.39 is 8.32 Å². The van der Waals surface area contributed by atoms with Crippen LogP contribution in [0.5, 0.6) is 0 Å². The number of anilines is 1. The molecule has 0 aliphatic carbocycles. The SMILES string of the molecule is CC(C)(C)[Si](C)(C)OCc1ccc(-n2ccc(N)nc2=O)cc1. The van der Waals surface area contributed by atoms with Crippen molar-refractivity contribution in [3.05, 3.63) is 52.6 Å². The summed E-state index contributed by atoms with van der Waals surface area (Å²) in [6.07, 6.45) is 1.63. The molecular formula is C17H25N3O2Si. The van der Waals surface area contributed by atoms with Crippen LogP contribution < -0.4 is 11.4 Å². The Kier molecular flexibility index (Phi) is 4.77. The zero-order valence-corrected chi connectivity index (χ0v) is 15.5. The van der Waals surface area contributed by atoms with Crippen LogP contribution in [0.4, 0.5) is 5.82 Å². The molecule has 0 bridgehead atoms. The van der Waals surface area contributed by atoms with Gasteiger partial charge in [0.1, 0.15) is 5.82 Å². The second-order valence-corrected chi connectivity index (χ2v) is 12.0. The van der Waals surface area contributed by atoms with Crippen LogP contribution in [0.1, 0.15) is 26.3 Å². The highest BCUT2D eigenvalue weighted by atomic mass is 28.4. The average molecular weight is 331 g/mol. The molecule has 0 aliphatic rings. The Morgan fingerprint density at radius 2 is 1.78 bits per heavy atom. The summed E-state index contributed by atoms with van der Waals surface area (Å²) in [6.45, 7) is 11.7. The highest BCUT2D eigenvalue weighted by molar-refractivity contribution is 6.74. The van der Waals surface area contributed by atoms with Gasteiger partial charge in [-0.15, -0.1) is 0 Å². The molecule has 1 aromatic carbocycles. The topological polar surface area (TPSA) is 70.1 Å². The number of hydrogen-bond donors (Lipinski definition) is 1. The minimum Gasteiger partial charge on any atom is -0.413 e. The van der Waals surface area contributed by atoms with E-state index in [9.17, 15) is 4.79 Å². The summed E-state index contributed by atoms with van der Waals surface area (Å²) < 4.78 is 7.67. The Labute approximate surface area is 138 Å². The summed E-state index contributed by atoms with van der Waals surface area (Å²) in [4.78, 5) is 15.6. The molecule has 0 fully saturated rings. The molecule has 1 aromatic heterocycles. The lowest BCUT2D eigenvalue weighted by molar-refractivity contribution is 0.276. The van der Waals surface area contributed by atoms with Crippen molar-refractivity contribution in [3.8, 4) is 5.69 Å². The first kappa shape index (κ1) is 17.4. The third-order valence-corrected chi connectivity index (χ3v) is 8.92. The molecule has 124 valence electrons. The number of nitrogens with zero attached hydrogens (tertiary/aromatic N) is 2. The van der Waals surface area contributed by atoms with E-state index in [2.05, 4.69) is 38.8 Å². The van der Waals surface area contributed by atoms with Gasteiger partial charge in [0.25, 0.3) is 0 Å². The first-order valence-electron chi connectivity index (χ1n) is 7.69. The Hall–Kier alpha value is -1.92. The van der Waals surface area contributed by atoms with Crippen molar-refractivity contribution in [3.63, 3.8) is 0 Å². The monoisotopic (exact) mass is 331 g/mol. The van der Waals surface area contributed by atoms with Crippen LogP contribution in [0, 0.1) is 0 Å². The van der Waals surface area contributed by atoms with Crippen molar-refractivity contribution >= 4 is 14.1 Å². The fourth-order valence-corrected chi connectivity index (χ4v) is 2.81. The number of aromatic nitrogens is 2. The number of nitrogen functional groups attached to an aromatic ring is 1. The van der Waals surface area contributed by atoms with Gasteiger partial charge < -0.3 is 10.2 Å². The Balaban J connectivity index is 2.13. The van der Waals surface area contributed by atoms with E-state index in [-0.39, 0.29) is 16.5 Å². The summed E-state index contributed by atoms with van der Waals surface area (Å²) >= 11 is 0. The zero-order valence-electron chi connectivity index (χ0n) is 14.5. The van der Waals surface area contributed by atoms with Crippen molar-refractivity contribution in [2.75, 3.05) is 5.73 Å². The Morgan fingerprint density at radius 1 is 1.17 bits per heavy atom. The van der Waals surface area contributed by atoms with E-state index in [1.54, 1.807) is 12.3 Å². The van der Waals surface area contributed by atoms with Crippen molar-refractivity contribution in [2.45, 2.75) is 45.5 Å². The highest BCUT2D eigenvalue weighted by Crippen LogP contribution is 2.37. The Morgan fingerprint density at radius 3 is 2.30 bits per heavy atom. The standard InChI is InChI=1S/C17H25N3O2Si/c1-17(2,3)23(4,5)22-12-13-6-8-14(9-7-13)20-11-10-15(18)19-16(20)21/h6-11H,12H2,1-5H3,(H2,18,19,21). The molecule has 6 heteroatoms. The van der Waals surface area contributed by atoms with Crippen LogP contribution in [0.2, 0.25) is 18.1 Å². The summed E-state index contributed by atoms with van der Waals surface area (Å²) in [5, 5.41) is 0.190. The van der Waals surface area contributed by atoms with Gasteiger partial charge >= 0.3 is 5.69 Å². The summed E-state index contributed by atoms with van der Waals surface area (Å²) in [5.74, 6) is 0.227. The summed E-state index contributed by atoms with van der Waals surface area (Å²) in [7, 11) is -1.76. The highest BCUT2D eigenvalue weighted by Gasteiger charge is 2.36. The lowest BCUT2D eigenvalue weighted by atomic mass is 10.2. The Bertz CT molecular complexity index is 731. The van der Waals surface area contributed by atoms with Gasteiger partial charge in [0.15, 0.2) is 8.32 Å². The fraction of sp³-hybridized carbons (Fsp3) is 0.412. The van der Waals surface area contributed by atoms with Crippen molar-refractivity contribution < 1.29 is 4.43 Å². The molecule has 0 atom stereocenters. The normalized spacial score (nSPS) is 12.4. The maximum atomic E-state index is 11.8. The van der Waals surface area contributed by atoms with Gasteiger partial charge in [-0.3, -0.25) is 4.57 Å². The van der Waals surface area contributed by atoms with Crippen LogP contribution in [0.3, 0.4) is 0 Å². The van der Waals surface area contributed by atoms with E-state index in [1.807, 2.05) is 24.3 Å². The van der Waals surface area contributed by atoms with Crippen molar-refractivity contribution in [1.29, 1.82) is 0 Å². The molecule has 0 saturated carbocycles. The maximum absolute atomic E-state index is 11.8. The molecule has 0 spiro atoms. The maximum Gasteiger partial charge on any atom is 0.354 e. The first-order valence-corrected chi connectivity index (χ1v) is 10.6. The molecule has 0 unspecified atom stereocenters. The van der Waals surface area contributed by atoms with Crippen LogP contribution in [0.15, 0.2) is 41.3 Å². The molecule has 0 radical (unpaired) electrons. The quantitative estimate of drug-likeness (QED) is 0.872. The van der Waals surface area contributed by atoms with Crippen LogP contribution in [-0.4, -0.2) is 17.9 Å². The van der Waals surface area contributed by atoms with E-state index in [0.717, 1.165) is 11.3 Å². The third kappa shape index (κ3) is 4.08. The number of benzene rings is 1. The van der Waals surface area contributed by atoms with Gasteiger partial charge in [-0.2, -0.15) is 4.98 Å². The predicted octanol–water partition coefficient (Wildman–Crippen LogP) is 3.34. The first-order chi connectivity index (χ1) is 10.6. The lowest BCUT2D eigenvalue weighted by Gasteiger charge is -2.36. The molecular weight excluding hydrogens is 306 g/mol. The van der Waals surface area contributed by atoms with E-state index >= 15 is 0 Å². The number of hydrogen-bond acceptors (Lipinski definition) is 4. The third-order valence-electron chi connectivity index (χ3n) is 4.45. The van der Waals surface area contributed by atoms with Crippen molar-refractivity contribution in [1.82, 2.24) is 9.55 Å². The van der Waals surface area contributed by atoms with Gasteiger partial charge in [-0.25, -0.2) is 4.79 Å². The molecule has 23 heavy (non-hydrogen) atoms. The smallest absolute Gasteiger partial charge is 0.354 e. The second-order valence-electron chi connectivity index (χ2n) is 7.22. The second kappa shape index (κ2) is 6.29. The minimum atomic E-state index is -1.76. The van der Waals surface area contributed by atoms with Crippen LogP contribution in [-0.2, 0) is 11.0 Å². The summed E-state index contributed by atoms with van der Waals surface area (Å²) in [5.41, 5.74) is 6.98. The predicted molar refractivity (Wildman–Crippen MR) is 96.2 cm³/mol. The van der Waals surface area contributed by atoms with E-state index in [1.165, 1.54) is 4.57 Å². The minimum absolute atomic E-state index is 0.190. The number of rotatable bonds is 4. The largest absolute Gasteiger partial charge is 0.413 e. The lowest BCUT2D eigenvalue weighted by Crippen LogP contribution is -2.40. The molecule has 2 N–H and O–H groups in total. The average Bonchev–Trinajstić information content (AvgIpc) is 2.45. The van der Waals surface area contributed by atoms with Gasteiger partial charge in [-0.05, 0) is 41.9 Å². The molecule has 0 aliphatic heterocycles.